The van der Waals surface area contributed by atoms with E-state index in [1.165, 1.54) is 52.3 Å². The maximum atomic E-state index is 14.7. The molecule has 0 radical (unpaired) electrons. The van der Waals surface area contributed by atoms with Crippen molar-refractivity contribution in [2.24, 2.45) is 5.16 Å². The predicted octanol–water partition coefficient (Wildman–Crippen LogP) is 8.24. The van der Waals surface area contributed by atoms with Crippen LogP contribution in [-0.2, 0) is 40.0 Å². The number of oxime groups is 1. The summed E-state index contributed by atoms with van der Waals surface area (Å²) >= 11 is 5.10. The molecule has 1 fully saturated rings. The van der Waals surface area contributed by atoms with Crippen LogP contribution in [0.15, 0.2) is 129 Å². The third-order valence-corrected chi connectivity index (χ3v) is 14.4. The number of alkyl carbamates (subject to hydrolysis) is 1. The number of aromatic nitrogens is 3. The van der Waals surface area contributed by atoms with Gasteiger partial charge < -0.3 is 30.1 Å². The average Bonchev–Trinajstić information content (AvgIpc) is 3.75. The minimum absolute atomic E-state index is 0.0136. The Morgan fingerprint density at radius 3 is 2.00 bits per heavy atom. The summed E-state index contributed by atoms with van der Waals surface area (Å²) in [6.07, 6.45) is -1.28. The van der Waals surface area contributed by atoms with Gasteiger partial charge in [0.25, 0.3) is 11.8 Å². The fourth-order valence-corrected chi connectivity index (χ4v) is 11.4. The van der Waals surface area contributed by atoms with Crippen LogP contribution in [0, 0.1) is 0 Å². The topological polar surface area (TPSA) is 224 Å². The Morgan fingerprint density at radius 1 is 0.826 bits per heavy atom. The van der Waals surface area contributed by atoms with Gasteiger partial charge in [-0.15, -0.1) is 16.9 Å². The highest BCUT2D eigenvalue weighted by Crippen LogP contribution is 2.47. The first kappa shape index (κ1) is 50.5. The van der Waals surface area contributed by atoms with Crippen LogP contribution in [0.5, 0.6) is 0 Å². The Labute approximate surface area is 415 Å². The SMILES string of the molecule is CC(C)(C)OC(=O)NCCSCc1nnsc1SC1=C(C(=O)O)N2C(=O)[C@@H](NC(=O)C(=NOC(c3ccccc3)(c3ccccc3)c3ccccc3)c3cccc(NC(=O)OC(C)(C)C)n3)[C@@H]2SC1. The second-order valence-corrected chi connectivity index (χ2v) is 21.7. The van der Waals surface area contributed by atoms with Crippen LogP contribution in [0.2, 0.25) is 0 Å². The number of hydrogen-bond acceptors (Lipinski definition) is 16. The second kappa shape index (κ2) is 21.9. The van der Waals surface area contributed by atoms with Gasteiger partial charge in [0.2, 0.25) is 5.60 Å². The van der Waals surface area contributed by atoms with Gasteiger partial charge in [0.05, 0.1) is 5.69 Å². The third kappa shape index (κ3) is 12.4. The van der Waals surface area contributed by atoms with Crippen molar-refractivity contribution in [3.05, 3.63) is 148 Å². The second-order valence-electron chi connectivity index (χ2n) is 17.4. The van der Waals surface area contributed by atoms with Crippen molar-refractivity contribution < 1.29 is 43.4 Å². The molecule has 2 atom stereocenters. The minimum atomic E-state index is -1.41. The highest BCUT2D eigenvalue weighted by Gasteiger charge is 2.55. The molecule has 0 bridgehead atoms. The van der Waals surface area contributed by atoms with Crippen LogP contribution in [0.25, 0.3) is 0 Å². The summed E-state index contributed by atoms with van der Waals surface area (Å²) in [4.78, 5) is 79.5. The highest BCUT2D eigenvalue weighted by molar-refractivity contribution is 8.07. The van der Waals surface area contributed by atoms with Crippen molar-refractivity contribution in [3.8, 4) is 0 Å². The van der Waals surface area contributed by atoms with Gasteiger partial charge in [-0.05, 0) is 65.2 Å². The first-order chi connectivity index (χ1) is 32.9. The van der Waals surface area contributed by atoms with Crippen molar-refractivity contribution in [3.63, 3.8) is 0 Å². The van der Waals surface area contributed by atoms with Crippen molar-refractivity contribution in [2.75, 3.05) is 23.4 Å². The molecule has 2 aliphatic rings. The monoisotopic (exact) mass is 1010 g/mol. The first-order valence-corrected chi connectivity index (χ1v) is 25.4. The molecule has 0 saturated carbocycles. The van der Waals surface area contributed by atoms with E-state index in [0.717, 1.165) is 11.5 Å². The maximum absolute atomic E-state index is 14.7. The van der Waals surface area contributed by atoms with Gasteiger partial charge >= 0.3 is 18.2 Å². The Hall–Kier alpha value is -6.42. The van der Waals surface area contributed by atoms with E-state index in [0.29, 0.717) is 49.5 Å². The number of nitrogens with zero attached hydrogens (tertiary/aromatic N) is 5. The number of carbonyl (C=O) groups excluding carboxylic acids is 4. The largest absolute Gasteiger partial charge is 0.477 e. The zero-order valence-corrected chi connectivity index (χ0v) is 41.7. The van der Waals surface area contributed by atoms with Crippen LogP contribution in [0.3, 0.4) is 0 Å². The van der Waals surface area contributed by atoms with E-state index >= 15 is 0 Å². The molecule has 2 aromatic heterocycles. The van der Waals surface area contributed by atoms with Gasteiger partial charge in [0.1, 0.15) is 44.0 Å². The molecule has 7 rings (SSSR count). The molecule has 0 unspecified atom stereocenters. The van der Waals surface area contributed by atoms with Gasteiger partial charge in [-0.3, -0.25) is 19.8 Å². The molecule has 17 nitrogen and oxygen atoms in total. The lowest BCUT2D eigenvalue weighted by atomic mass is 9.80. The number of carbonyl (C=O) groups is 5. The number of benzene rings is 3. The smallest absolute Gasteiger partial charge is 0.413 e. The highest BCUT2D eigenvalue weighted by atomic mass is 32.2. The predicted molar refractivity (Wildman–Crippen MR) is 267 cm³/mol. The van der Waals surface area contributed by atoms with Crippen molar-refractivity contribution in [1.29, 1.82) is 0 Å². The number of anilines is 1. The lowest BCUT2D eigenvalue weighted by Gasteiger charge is -2.49. The number of carboxylic acids is 1. The maximum Gasteiger partial charge on any atom is 0.413 e. The van der Waals surface area contributed by atoms with Crippen LogP contribution in [-0.4, -0.2) is 101 Å². The fraction of sp³-hybridized carbons (Fsp3) is 0.312. The summed E-state index contributed by atoms with van der Waals surface area (Å²) in [6.45, 7) is 10.9. The number of carboxylic acid groups (broad SMARTS) is 1. The number of pyridine rings is 1. The number of aliphatic carboxylic acids is 1. The normalized spacial score (nSPS) is 16.2. The molecule has 0 spiro atoms. The molecule has 360 valence electrons. The number of rotatable bonds is 17. The van der Waals surface area contributed by atoms with E-state index in [9.17, 15) is 29.1 Å². The van der Waals surface area contributed by atoms with E-state index < -0.39 is 58.2 Å². The van der Waals surface area contributed by atoms with E-state index in [2.05, 4.69) is 35.7 Å². The molecule has 21 heteroatoms. The Morgan fingerprint density at radius 2 is 1.42 bits per heavy atom. The molecule has 5 aromatic rings. The van der Waals surface area contributed by atoms with Crippen LogP contribution in [0.1, 0.15) is 69.6 Å². The number of thioether (sulfide) groups is 3. The molecule has 0 aliphatic carbocycles. The molecule has 2 aliphatic heterocycles. The number of hydrogen-bond donors (Lipinski definition) is 4. The number of nitrogens with one attached hydrogen (secondary N) is 3. The minimum Gasteiger partial charge on any atom is -0.477 e. The molecule has 4 heterocycles. The van der Waals surface area contributed by atoms with Gasteiger partial charge in [-0.25, -0.2) is 19.4 Å². The standard InChI is InChI=1S/C48H50N8O9S4/c1-46(2,3)63-44(61)49-25-26-66-27-33-43(69-55-53-33)68-34-28-67-41-37(40(58)56(41)38(34)42(59)60)52-39(57)36(32-23-16-24-35(50-32)51-45(62)64-47(4,5)6)54-65-48(29-17-10-7-11-18-29,30-19-12-8-13-20-30)31-21-14-9-15-22-31/h7-24,37,41H,25-28H2,1-6H3,(H,49,61)(H,52,57)(H,59,60)(H,50,51,62)/t37-,41+/m1/s1. The fourth-order valence-electron chi connectivity index (χ4n) is 7.10. The van der Waals surface area contributed by atoms with E-state index in [-0.39, 0.29) is 28.7 Å². The Balaban J connectivity index is 1.16. The lowest BCUT2D eigenvalue weighted by molar-refractivity contribution is -0.150. The lowest BCUT2D eigenvalue weighted by Crippen LogP contribution is -2.71. The van der Waals surface area contributed by atoms with E-state index in [1.807, 2.05) is 91.0 Å². The number of fused-ring (bicyclic) bond motifs is 1. The molecular formula is C48H50N8O9S4. The zero-order valence-electron chi connectivity index (χ0n) is 38.5. The summed E-state index contributed by atoms with van der Waals surface area (Å²) in [5.74, 6) is -1.54. The van der Waals surface area contributed by atoms with E-state index in [1.54, 1.807) is 47.6 Å². The van der Waals surface area contributed by atoms with Crippen LogP contribution < -0.4 is 16.0 Å². The zero-order chi connectivity index (χ0) is 49.3. The van der Waals surface area contributed by atoms with E-state index in [4.69, 9.17) is 14.3 Å². The summed E-state index contributed by atoms with van der Waals surface area (Å²) < 4.78 is 15.5. The van der Waals surface area contributed by atoms with Gasteiger partial charge in [-0.1, -0.05) is 118 Å². The number of β-lactam (4-membered cyclic amide) rings is 1. The molecule has 69 heavy (non-hydrogen) atoms. The Kier molecular flexibility index (Phi) is 16.0. The van der Waals surface area contributed by atoms with Crippen LogP contribution in [0.4, 0.5) is 15.4 Å². The van der Waals surface area contributed by atoms with Gasteiger partial charge in [0, 0.05) is 45.4 Å². The number of ether oxygens (including phenoxy) is 2. The molecular weight excluding hydrogens is 961 g/mol. The first-order valence-electron chi connectivity index (χ1n) is 21.6. The van der Waals surface area contributed by atoms with Crippen LogP contribution >= 0.6 is 46.8 Å². The molecule has 4 amide bonds. The number of amides is 4. The summed E-state index contributed by atoms with van der Waals surface area (Å²) in [5, 5.41) is 26.7. The molecule has 3 aromatic carbocycles. The molecule has 4 N–H and O–H groups in total. The van der Waals surface area contributed by atoms with Crippen molar-refractivity contribution >= 4 is 88.3 Å². The van der Waals surface area contributed by atoms with Gasteiger partial charge in [0.15, 0.2) is 5.71 Å². The van der Waals surface area contributed by atoms with Gasteiger partial charge in [-0.2, -0.15) is 11.8 Å². The average molecular weight is 1010 g/mol. The van der Waals surface area contributed by atoms with Crippen molar-refractivity contribution in [2.45, 2.75) is 79.7 Å². The summed E-state index contributed by atoms with van der Waals surface area (Å²) in [6, 6.07) is 31.6. The van der Waals surface area contributed by atoms with Crippen molar-refractivity contribution in [1.82, 2.24) is 30.1 Å². The Bertz CT molecular complexity index is 2630. The summed E-state index contributed by atoms with van der Waals surface area (Å²) in [7, 11) is 0. The quantitative estimate of drug-likeness (QED) is 0.0226. The molecule has 1 saturated heterocycles. The summed E-state index contributed by atoms with van der Waals surface area (Å²) in [5.41, 5.74) is -0.671. The third-order valence-electron chi connectivity index (χ3n) is 9.96.